The number of benzene rings is 2. The monoisotopic (exact) mass is 290 g/mol. The van der Waals surface area contributed by atoms with Gasteiger partial charge < -0.3 is 9.63 Å². The first-order valence-corrected chi connectivity index (χ1v) is 6.10. The lowest BCUT2D eigenvalue weighted by Crippen LogP contribution is -1.84. The van der Waals surface area contributed by atoms with Gasteiger partial charge in [0.25, 0.3) is 5.89 Å². The van der Waals surface area contributed by atoms with Crippen LogP contribution in [0.1, 0.15) is 0 Å². The molecule has 1 N–H and O–H groups in total. The minimum Gasteiger partial charge on any atom is -0.508 e. The first kappa shape index (κ1) is 12.6. The Balaban J connectivity index is 2.02. The lowest BCUT2D eigenvalue weighted by molar-refractivity contribution is 0.431. The summed E-state index contributed by atoms with van der Waals surface area (Å²) >= 11 is 5.94. The second kappa shape index (κ2) is 4.94. The fraction of sp³-hybridized carbons (Fsp3) is 0. The number of halogens is 2. The molecule has 0 unspecified atom stereocenters. The molecule has 0 amide bonds. The summed E-state index contributed by atoms with van der Waals surface area (Å²) in [5, 5.41) is 13.4. The Hall–Kier alpha value is -2.40. The van der Waals surface area contributed by atoms with Crippen molar-refractivity contribution in [3.8, 4) is 28.6 Å². The molecule has 0 saturated carbocycles. The van der Waals surface area contributed by atoms with E-state index in [1.54, 1.807) is 12.1 Å². The molecule has 2 aromatic carbocycles. The molecule has 0 bridgehead atoms. The second-order valence-corrected chi connectivity index (χ2v) is 4.50. The van der Waals surface area contributed by atoms with Crippen LogP contribution >= 0.6 is 11.6 Å². The minimum absolute atomic E-state index is 0.0991. The largest absolute Gasteiger partial charge is 0.508 e. The van der Waals surface area contributed by atoms with Crippen molar-refractivity contribution in [2.45, 2.75) is 0 Å². The van der Waals surface area contributed by atoms with E-state index in [1.807, 2.05) is 0 Å². The fourth-order valence-corrected chi connectivity index (χ4v) is 2.01. The minimum atomic E-state index is -0.435. The smallest absolute Gasteiger partial charge is 0.258 e. The highest BCUT2D eigenvalue weighted by atomic mass is 35.5. The topological polar surface area (TPSA) is 59.2 Å². The van der Waals surface area contributed by atoms with Crippen LogP contribution in [-0.4, -0.2) is 15.2 Å². The van der Waals surface area contributed by atoms with Crippen LogP contribution in [0.25, 0.3) is 22.8 Å². The molecule has 0 aliphatic heterocycles. The Bertz CT molecular complexity index is 773. The molecule has 1 heterocycles. The zero-order valence-corrected chi connectivity index (χ0v) is 10.8. The fourth-order valence-electron chi connectivity index (χ4n) is 1.76. The van der Waals surface area contributed by atoms with E-state index in [1.165, 1.54) is 30.3 Å². The Morgan fingerprint density at radius 2 is 2.00 bits per heavy atom. The van der Waals surface area contributed by atoms with Crippen molar-refractivity contribution in [1.29, 1.82) is 0 Å². The summed E-state index contributed by atoms with van der Waals surface area (Å²) in [7, 11) is 0. The van der Waals surface area contributed by atoms with Crippen molar-refractivity contribution in [3.05, 3.63) is 53.3 Å². The van der Waals surface area contributed by atoms with E-state index in [0.29, 0.717) is 11.1 Å². The van der Waals surface area contributed by atoms with Crippen LogP contribution in [0.3, 0.4) is 0 Å². The molecule has 1 aromatic heterocycles. The normalized spacial score (nSPS) is 10.7. The maximum Gasteiger partial charge on any atom is 0.258 e. The van der Waals surface area contributed by atoms with E-state index >= 15 is 0 Å². The number of aromatic nitrogens is 2. The predicted molar refractivity (Wildman–Crippen MR) is 71.8 cm³/mol. The molecule has 0 saturated heterocycles. The lowest BCUT2D eigenvalue weighted by Gasteiger charge is -1.98. The standard InChI is InChI=1S/C14H8ClFN2O2/c15-12-7-9(16)4-5-11(12)13-17-14(20-18-13)8-2-1-3-10(19)6-8/h1-7,19H. The number of phenols is 1. The van der Waals surface area contributed by atoms with Crippen molar-refractivity contribution in [3.63, 3.8) is 0 Å². The first-order chi connectivity index (χ1) is 9.63. The van der Waals surface area contributed by atoms with Crippen molar-refractivity contribution in [1.82, 2.24) is 10.1 Å². The Kier molecular flexibility index (Phi) is 3.12. The van der Waals surface area contributed by atoms with Crippen LogP contribution in [-0.2, 0) is 0 Å². The van der Waals surface area contributed by atoms with E-state index < -0.39 is 5.82 Å². The van der Waals surface area contributed by atoms with Gasteiger partial charge in [-0.05, 0) is 36.4 Å². The summed E-state index contributed by atoms with van der Waals surface area (Å²) in [4.78, 5) is 4.19. The highest BCUT2D eigenvalue weighted by Crippen LogP contribution is 2.29. The number of nitrogens with zero attached hydrogens (tertiary/aromatic N) is 2. The average molecular weight is 291 g/mol. The molecule has 4 nitrogen and oxygen atoms in total. The number of hydrogen-bond acceptors (Lipinski definition) is 4. The maximum absolute atomic E-state index is 13.0. The summed E-state index contributed by atoms with van der Waals surface area (Å²) in [6.07, 6.45) is 0. The molecular weight excluding hydrogens is 283 g/mol. The third-order valence-electron chi connectivity index (χ3n) is 2.69. The third kappa shape index (κ3) is 2.35. The molecule has 0 aliphatic rings. The highest BCUT2D eigenvalue weighted by Gasteiger charge is 2.13. The van der Waals surface area contributed by atoms with E-state index in [-0.39, 0.29) is 22.5 Å². The van der Waals surface area contributed by atoms with Gasteiger partial charge in [-0.2, -0.15) is 4.98 Å². The van der Waals surface area contributed by atoms with Crippen LogP contribution in [0, 0.1) is 5.82 Å². The van der Waals surface area contributed by atoms with E-state index in [2.05, 4.69) is 10.1 Å². The quantitative estimate of drug-likeness (QED) is 0.777. The van der Waals surface area contributed by atoms with Gasteiger partial charge in [0.2, 0.25) is 5.82 Å². The van der Waals surface area contributed by atoms with Gasteiger partial charge in [0.05, 0.1) is 5.02 Å². The van der Waals surface area contributed by atoms with Crippen LogP contribution in [0.2, 0.25) is 5.02 Å². The van der Waals surface area contributed by atoms with Crippen molar-refractivity contribution >= 4 is 11.6 Å². The van der Waals surface area contributed by atoms with E-state index in [0.717, 1.165) is 0 Å². The zero-order valence-electron chi connectivity index (χ0n) is 10.0. The van der Waals surface area contributed by atoms with Gasteiger partial charge in [-0.15, -0.1) is 0 Å². The number of hydrogen-bond donors (Lipinski definition) is 1. The van der Waals surface area contributed by atoms with Crippen LogP contribution in [0.5, 0.6) is 5.75 Å². The Morgan fingerprint density at radius 1 is 1.15 bits per heavy atom. The van der Waals surface area contributed by atoms with Gasteiger partial charge >= 0.3 is 0 Å². The van der Waals surface area contributed by atoms with Gasteiger partial charge in [-0.1, -0.05) is 22.8 Å². The molecule has 0 spiro atoms. The summed E-state index contributed by atoms with van der Waals surface area (Å²) in [5.41, 5.74) is 1.06. The van der Waals surface area contributed by atoms with Crippen molar-refractivity contribution in [2.75, 3.05) is 0 Å². The summed E-state index contributed by atoms with van der Waals surface area (Å²) in [6, 6.07) is 10.4. The van der Waals surface area contributed by atoms with Gasteiger partial charge in [0.1, 0.15) is 11.6 Å². The Labute approximate surface area is 118 Å². The maximum atomic E-state index is 13.0. The van der Waals surface area contributed by atoms with Gasteiger partial charge in [-0.3, -0.25) is 0 Å². The molecule has 3 rings (SSSR count). The third-order valence-corrected chi connectivity index (χ3v) is 3.00. The van der Waals surface area contributed by atoms with Crippen LogP contribution in [0.15, 0.2) is 47.0 Å². The van der Waals surface area contributed by atoms with Crippen molar-refractivity contribution < 1.29 is 14.0 Å². The molecule has 20 heavy (non-hydrogen) atoms. The van der Waals surface area contributed by atoms with Gasteiger partial charge in [0, 0.05) is 11.1 Å². The van der Waals surface area contributed by atoms with Gasteiger partial charge in [0.15, 0.2) is 0 Å². The molecule has 0 radical (unpaired) electrons. The number of aromatic hydroxyl groups is 1. The van der Waals surface area contributed by atoms with E-state index in [9.17, 15) is 9.50 Å². The molecule has 100 valence electrons. The van der Waals surface area contributed by atoms with E-state index in [4.69, 9.17) is 16.1 Å². The van der Waals surface area contributed by atoms with Crippen molar-refractivity contribution in [2.24, 2.45) is 0 Å². The summed E-state index contributed by atoms with van der Waals surface area (Å²) in [5.74, 6) is 0.169. The molecule has 0 atom stereocenters. The zero-order chi connectivity index (χ0) is 14.1. The first-order valence-electron chi connectivity index (χ1n) is 5.72. The molecule has 0 fully saturated rings. The molecular formula is C14H8ClFN2O2. The summed E-state index contributed by atoms with van der Waals surface area (Å²) < 4.78 is 18.1. The van der Waals surface area contributed by atoms with Gasteiger partial charge in [-0.25, -0.2) is 4.39 Å². The lowest BCUT2D eigenvalue weighted by atomic mass is 10.2. The second-order valence-electron chi connectivity index (χ2n) is 4.10. The molecule has 0 aliphatic carbocycles. The molecule has 3 aromatic rings. The van der Waals surface area contributed by atoms with Crippen LogP contribution < -0.4 is 0 Å². The highest BCUT2D eigenvalue weighted by molar-refractivity contribution is 6.33. The summed E-state index contributed by atoms with van der Waals surface area (Å²) in [6.45, 7) is 0. The molecule has 6 heteroatoms. The average Bonchev–Trinajstić information content (AvgIpc) is 2.88. The Morgan fingerprint density at radius 3 is 2.75 bits per heavy atom. The SMILES string of the molecule is Oc1cccc(-c2nc(-c3ccc(F)cc3Cl)no2)c1. The number of phenolic OH excluding ortho intramolecular Hbond substituents is 1. The number of rotatable bonds is 2. The predicted octanol–water partition coefficient (Wildman–Crippen LogP) is 3.90. The van der Waals surface area contributed by atoms with Crippen LogP contribution in [0.4, 0.5) is 4.39 Å².